The van der Waals surface area contributed by atoms with Gasteiger partial charge in [-0.2, -0.15) is 0 Å². The minimum atomic E-state index is 0.851. The summed E-state index contributed by atoms with van der Waals surface area (Å²) in [6.07, 6.45) is 0. The van der Waals surface area contributed by atoms with Crippen LogP contribution in [0.2, 0.25) is 0 Å². The van der Waals surface area contributed by atoms with Crippen LogP contribution < -0.4 is 0 Å². The normalized spacial score (nSPS) is 11.6. The fourth-order valence-electron chi connectivity index (χ4n) is 1.33. The van der Waals surface area contributed by atoms with Crippen molar-refractivity contribution in [3.05, 3.63) is 39.3 Å². The number of hydrogen-bond acceptors (Lipinski definition) is 0. The molecule has 2 rings (SSSR count). The first kappa shape index (κ1) is 10.4. The molecule has 2 aromatic heterocycles. The SMILES string of the molecule is Cc1cc(-c2ccc[pH]2)pc(Br)c1C. The lowest BCUT2D eigenvalue weighted by atomic mass is 10.2. The summed E-state index contributed by atoms with van der Waals surface area (Å²) in [6.45, 7) is 4.35. The minimum absolute atomic E-state index is 0.851. The van der Waals surface area contributed by atoms with Gasteiger partial charge in [-0.1, -0.05) is 14.3 Å². The summed E-state index contributed by atoms with van der Waals surface area (Å²) in [5.41, 5.74) is 2.76. The smallest absolute Gasteiger partial charge is 0.0485 e. The van der Waals surface area contributed by atoms with Gasteiger partial charge in [0.15, 0.2) is 0 Å². The van der Waals surface area contributed by atoms with E-state index in [4.69, 9.17) is 0 Å². The molecule has 0 aromatic carbocycles. The van der Waals surface area contributed by atoms with E-state index in [0.717, 1.165) is 8.19 Å². The zero-order valence-electron chi connectivity index (χ0n) is 8.13. The van der Waals surface area contributed by atoms with Crippen LogP contribution in [0, 0.1) is 13.8 Å². The van der Waals surface area contributed by atoms with Crippen LogP contribution in [0.5, 0.6) is 0 Å². The monoisotopic (exact) mass is 284 g/mol. The highest BCUT2D eigenvalue weighted by molar-refractivity contribution is 9.11. The summed E-state index contributed by atoms with van der Waals surface area (Å²) in [6, 6.07) is 6.69. The Bertz CT molecular complexity index is 423. The Kier molecular flexibility index (Phi) is 3.12. The van der Waals surface area contributed by atoms with E-state index in [0.29, 0.717) is 0 Å². The Balaban J connectivity index is 2.57. The van der Waals surface area contributed by atoms with E-state index in [1.54, 1.807) is 0 Å². The number of aryl methyl sites for hydroxylation is 1. The molecule has 0 spiro atoms. The van der Waals surface area contributed by atoms with Crippen molar-refractivity contribution >= 4 is 32.3 Å². The lowest BCUT2D eigenvalue weighted by molar-refractivity contribution is 1.36. The first-order valence-electron chi connectivity index (χ1n) is 4.46. The van der Waals surface area contributed by atoms with Crippen LogP contribution in [-0.4, -0.2) is 0 Å². The van der Waals surface area contributed by atoms with Crippen molar-refractivity contribution in [2.75, 3.05) is 0 Å². The summed E-state index contributed by atoms with van der Waals surface area (Å²) in [4.78, 5) is 0. The van der Waals surface area contributed by atoms with E-state index in [1.165, 1.54) is 34.1 Å². The molecule has 0 amide bonds. The molecule has 2 heterocycles. The Morgan fingerprint density at radius 3 is 2.71 bits per heavy atom. The molecule has 1 atom stereocenters. The molecule has 3 heteroatoms. The predicted molar refractivity (Wildman–Crippen MR) is 71.1 cm³/mol. The molecule has 0 aliphatic rings. The average molecular weight is 285 g/mol. The van der Waals surface area contributed by atoms with Crippen molar-refractivity contribution < 1.29 is 0 Å². The van der Waals surface area contributed by atoms with Gasteiger partial charge >= 0.3 is 0 Å². The summed E-state index contributed by atoms with van der Waals surface area (Å²) in [5.74, 6) is 2.24. The second-order valence-electron chi connectivity index (χ2n) is 3.32. The summed E-state index contributed by atoms with van der Waals surface area (Å²) in [5, 5.41) is 2.93. The van der Waals surface area contributed by atoms with Crippen LogP contribution in [0.4, 0.5) is 0 Å². The lowest BCUT2D eigenvalue weighted by Crippen LogP contribution is -1.79. The molecule has 0 bridgehead atoms. The number of halogens is 1. The summed E-state index contributed by atoms with van der Waals surface area (Å²) >= 11 is 3.64. The average Bonchev–Trinajstić information content (AvgIpc) is 2.66. The Morgan fingerprint density at radius 2 is 2.14 bits per heavy atom. The fraction of sp³-hybridized carbons (Fsp3) is 0.182. The molecule has 0 N–H and O–H groups in total. The highest BCUT2D eigenvalue weighted by Gasteiger charge is 2.04. The van der Waals surface area contributed by atoms with E-state index in [9.17, 15) is 0 Å². The maximum absolute atomic E-state index is 3.64. The first-order chi connectivity index (χ1) is 6.68. The van der Waals surface area contributed by atoms with Crippen LogP contribution in [-0.2, 0) is 0 Å². The second-order valence-corrected chi connectivity index (χ2v) is 7.04. The zero-order valence-corrected chi connectivity index (χ0v) is 11.6. The largest absolute Gasteiger partial charge is 0.131 e. The molecule has 14 heavy (non-hydrogen) atoms. The molecular formula is C11H11BrP2. The van der Waals surface area contributed by atoms with Gasteiger partial charge in [0.25, 0.3) is 0 Å². The molecule has 0 saturated heterocycles. The highest BCUT2D eigenvalue weighted by atomic mass is 79.9. The standard InChI is InChI=1S/C11H11BrP2/c1-7-6-10(9-4-3-5-13-9)14-11(12)8(7)2/h3-6,13H,1-2H3. The van der Waals surface area contributed by atoms with Gasteiger partial charge in [-0.25, -0.2) is 0 Å². The van der Waals surface area contributed by atoms with Gasteiger partial charge < -0.3 is 0 Å². The molecule has 0 aliphatic carbocycles. The van der Waals surface area contributed by atoms with Gasteiger partial charge in [0.05, 0.1) is 0 Å². The number of hydrogen-bond donors (Lipinski definition) is 0. The van der Waals surface area contributed by atoms with E-state index >= 15 is 0 Å². The topological polar surface area (TPSA) is 0 Å². The molecule has 1 unspecified atom stereocenters. The summed E-state index contributed by atoms with van der Waals surface area (Å²) in [7, 11) is 2.17. The molecule has 2 aromatic rings. The Hall–Kier alpha value is -0.0900. The van der Waals surface area contributed by atoms with Gasteiger partial charge in [-0.05, 0) is 58.8 Å². The molecule has 0 aliphatic heterocycles. The van der Waals surface area contributed by atoms with Crippen molar-refractivity contribution in [2.45, 2.75) is 13.8 Å². The molecule has 72 valence electrons. The molecule has 0 saturated carbocycles. The van der Waals surface area contributed by atoms with Gasteiger partial charge in [0.1, 0.15) is 0 Å². The van der Waals surface area contributed by atoms with E-state index < -0.39 is 0 Å². The van der Waals surface area contributed by atoms with Gasteiger partial charge in [-0.3, -0.25) is 0 Å². The maximum Gasteiger partial charge on any atom is 0.0485 e. The van der Waals surface area contributed by atoms with E-state index in [1.807, 2.05) is 0 Å². The first-order valence-corrected chi connectivity index (χ1v) is 7.22. The van der Waals surface area contributed by atoms with Gasteiger partial charge in [-0.15, -0.1) is 8.19 Å². The zero-order chi connectivity index (χ0) is 10.1. The van der Waals surface area contributed by atoms with Crippen LogP contribution in [0.25, 0.3) is 10.6 Å². The van der Waals surface area contributed by atoms with Crippen LogP contribution in [0.3, 0.4) is 0 Å². The lowest BCUT2D eigenvalue weighted by Gasteiger charge is -2.05. The van der Waals surface area contributed by atoms with Crippen molar-refractivity contribution in [2.24, 2.45) is 0 Å². The van der Waals surface area contributed by atoms with Gasteiger partial charge in [0, 0.05) is 14.8 Å². The Labute approximate surface area is 96.1 Å². The Morgan fingerprint density at radius 1 is 1.36 bits per heavy atom. The van der Waals surface area contributed by atoms with Crippen molar-refractivity contribution in [1.29, 1.82) is 0 Å². The van der Waals surface area contributed by atoms with Crippen LogP contribution in [0.15, 0.2) is 28.2 Å². The molecule has 0 nitrogen and oxygen atoms in total. The van der Waals surface area contributed by atoms with Crippen LogP contribution in [0.1, 0.15) is 11.1 Å². The fourth-order valence-corrected chi connectivity index (χ4v) is 4.37. The molecule has 0 radical (unpaired) electrons. The second kappa shape index (κ2) is 4.19. The third-order valence-corrected chi connectivity index (χ3v) is 5.93. The van der Waals surface area contributed by atoms with Crippen molar-refractivity contribution in [1.82, 2.24) is 0 Å². The summed E-state index contributed by atoms with van der Waals surface area (Å²) < 4.78 is 1.31. The minimum Gasteiger partial charge on any atom is -0.131 e. The molecule has 0 fully saturated rings. The van der Waals surface area contributed by atoms with E-state index in [-0.39, 0.29) is 0 Å². The highest BCUT2D eigenvalue weighted by Crippen LogP contribution is 2.40. The predicted octanol–water partition coefficient (Wildman–Crippen LogP) is 5.34. The molecular weight excluding hydrogens is 274 g/mol. The third-order valence-electron chi connectivity index (χ3n) is 2.35. The van der Waals surface area contributed by atoms with E-state index in [2.05, 4.69) is 53.8 Å². The maximum atomic E-state index is 3.64. The van der Waals surface area contributed by atoms with Crippen LogP contribution >= 0.6 is 32.3 Å². The third kappa shape index (κ3) is 1.96. The van der Waals surface area contributed by atoms with Gasteiger partial charge in [0.2, 0.25) is 0 Å². The quantitative estimate of drug-likeness (QED) is 0.663. The van der Waals surface area contributed by atoms with Crippen molar-refractivity contribution in [3.63, 3.8) is 0 Å². The van der Waals surface area contributed by atoms with Crippen molar-refractivity contribution in [3.8, 4) is 10.6 Å². The number of rotatable bonds is 1.